The van der Waals surface area contributed by atoms with Crippen LogP contribution in [-0.4, -0.2) is 9.55 Å². The zero-order valence-electron chi connectivity index (χ0n) is 11.6. The molecule has 2 heterocycles. The van der Waals surface area contributed by atoms with Gasteiger partial charge in [0.15, 0.2) is 0 Å². The van der Waals surface area contributed by atoms with Crippen LogP contribution in [0, 0.1) is 6.92 Å². The van der Waals surface area contributed by atoms with Crippen LogP contribution in [0.15, 0.2) is 41.1 Å². The molecule has 1 unspecified atom stereocenters. The predicted octanol–water partition coefficient (Wildman–Crippen LogP) is 2.22. The summed E-state index contributed by atoms with van der Waals surface area (Å²) >= 11 is 0. The lowest BCUT2D eigenvalue weighted by Gasteiger charge is -2.12. The van der Waals surface area contributed by atoms with Gasteiger partial charge in [0.25, 0.3) is 0 Å². The van der Waals surface area contributed by atoms with Gasteiger partial charge in [-0.1, -0.05) is 11.6 Å². The largest absolute Gasteiger partial charge is 0.459 e. The van der Waals surface area contributed by atoms with Crippen LogP contribution in [0.4, 0.5) is 0 Å². The lowest BCUT2D eigenvalue weighted by Crippen LogP contribution is -2.30. The van der Waals surface area contributed by atoms with Gasteiger partial charge in [0, 0.05) is 31.2 Å². The van der Waals surface area contributed by atoms with Crippen LogP contribution < -0.4 is 11.3 Å². The summed E-state index contributed by atoms with van der Waals surface area (Å²) in [6.07, 6.45) is 4.38. The summed E-state index contributed by atoms with van der Waals surface area (Å²) in [7, 11) is 1.97. The van der Waals surface area contributed by atoms with E-state index >= 15 is 0 Å². The molecule has 0 radical (unpaired) electrons. The third kappa shape index (κ3) is 2.33. The Hall–Kier alpha value is -2.11. The van der Waals surface area contributed by atoms with Crippen LogP contribution in [-0.2, 0) is 13.5 Å². The number of benzene rings is 1. The summed E-state index contributed by atoms with van der Waals surface area (Å²) < 4.78 is 7.87. The number of fused-ring (bicyclic) bond motifs is 1. The van der Waals surface area contributed by atoms with E-state index in [1.54, 1.807) is 6.20 Å². The topological polar surface area (TPSA) is 69.0 Å². The number of rotatable bonds is 4. The van der Waals surface area contributed by atoms with E-state index in [0.717, 1.165) is 22.6 Å². The number of nitrogens with two attached hydrogens (primary N) is 1. The third-order valence-electron chi connectivity index (χ3n) is 3.54. The van der Waals surface area contributed by atoms with E-state index in [-0.39, 0.29) is 6.04 Å². The lowest BCUT2D eigenvalue weighted by molar-refractivity contribution is 0.426. The average molecular weight is 270 g/mol. The average Bonchev–Trinajstić information content (AvgIpc) is 3.01. The molecule has 3 rings (SSSR count). The minimum atomic E-state index is -0.0937. The summed E-state index contributed by atoms with van der Waals surface area (Å²) in [6.45, 7) is 2.07. The van der Waals surface area contributed by atoms with Gasteiger partial charge in [0.2, 0.25) is 0 Å². The molecule has 0 saturated heterocycles. The van der Waals surface area contributed by atoms with Crippen molar-refractivity contribution in [3.63, 3.8) is 0 Å². The van der Waals surface area contributed by atoms with Crippen molar-refractivity contribution in [2.75, 3.05) is 0 Å². The van der Waals surface area contributed by atoms with Crippen LogP contribution in [0.25, 0.3) is 11.0 Å². The Kier molecular flexibility index (Phi) is 3.30. The quantitative estimate of drug-likeness (QED) is 0.563. The molecule has 0 bridgehead atoms. The normalized spacial score (nSPS) is 12.9. The second-order valence-electron chi connectivity index (χ2n) is 5.07. The summed E-state index contributed by atoms with van der Waals surface area (Å²) in [5.41, 5.74) is 4.91. The highest BCUT2D eigenvalue weighted by Crippen LogP contribution is 2.26. The zero-order valence-corrected chi connectivity index (χ0v) is 11.6. The van der Waals surface area contributed by atoms with E-state index in [1.165, 1.54) is 5.56 Å². The van der Waals surface area contributed by atoms with Gasteiger partial charge in [0.05, 0.1) is 6.04 Å². The van der Waals surface area contributed by atoms with Crippen LogP contribution in [0.5, 0.6) is 0 Å². The minimum absolute atomic E-state index is 0.0937. The highest BCUT2D eigenvalue weighted by Gasteiger charge is 2.17. The number of nitrogens with one attached hydrogen (secondary N) is 1. The lowest BCUT2D eigenvalue weighted by atomic mass is 10.1. The van der Waals surface area contributed by atoms with Gasteiger partial charge >= 0.3 is 0 Å². The van der Waals surface area contributed by atoms with Gasteiger partial charge in [0.1, 0.15) is 17.2 Å². The van der Waals surface area contributed by atoms with Gasteiger partial charge < -0.3 is 8.98 Å². The van der Waals surface area contributed by atoms with E-state index in [2.05, 4.69) is 23.4 Å². The highest BCUT2D eigenvalue weighted by atomic mass is 16.3. The Balaban J connectivity index is 1.92. The van der Waals surface area contributed by atoms with Crippen LogP contribution in [0.3, 0.4) is 0 Å². The van der Waals surface area contributed by atoms with E-state index in [9.17, 15) is 0 Å². The van der Waals surface area contributed by atoms with Crippen molar-refractivity contribution >= 4 is 11.0 Å². The van der Waals surface area contributed by atoms with Crippen molar-refractivity contribution in [1.82, 2.24) is 15.0 Å². The number of aromatic nitrogens is 2. The van der Waals surface area contributed by atoms with E-state index < -0.39 is 0 Å². The van der Waals surface area contributed by atoms with Gasteiger partial charge in [-0.3, -0.25) is 5.84 Å². The molecule has 5 nitrogen and oxygen atoms in total. The van der Waals surface area contributed by atoms with Crippen molar-refractivity contribution in [2.24, 2.45) is 12.9 Å². The zero-order chi connectivity index (χ0) is 14.1. The summed E-state index contributed by atoms with van der Waals surface area (Å²) in [5.74, 6) is 7.47. The fourth-order valence-electron chi connectivity index (χ4n) is 2.37. The molecule has 1 atom stereocenters. The molecular weight excluding hydrogens is 252 g/mol. The van der Waals surface area contributed by atoms with Gasteiger partial charge in [-0.05, 0) is 25.1 Å². The second-order valence-corrected chi connectivity index (χ2v) is 5.07. The molecular formula is C15H18N4O. The van der Waals surface area contributed by atoms with Crippen LogP contribution >= 0.6 is 0 Å². The summed E-state index contributed by atoms with van der Waals surface area (Å²) in [5, 5.41) is 1.10. The number of hydrogen-bond acceptors (Lipinski definition) is 4. The predicted molar refractivity (Wildman–Crippen MR) is 77.9 cm³/mol. The van der Waals surface area contributed by atoms with Crippen LogP contribution in [0.2, 0.25) is 0 Å². The first-order chi connectivity index (χ1) is 9.67. The number of hydrazine groups is 1. The molecule has 0 fully saturated rings. The Morgan fingerprint density at radius 1 is 1.40 bits per heavy atom. The fraction of sp³-hybridized carbons (Fsp3) is 0.267. The molecule has 3 N–H and O–H groups in total. The maximum atomic E-state index is 5.89. The summed E-state index contributed by atoms with van der Waals surface area (Å²) in [4.78, 5) is 4.32. The third-order valence-corrected chi connectivity index (χ3v) is 3.54. The van der Waals surface area contributed by atoms with Crippen LogP contribution in [0.1, 0.15) is 23.2 Å². The molecule has 104 valence electrons. The minimum Gasteiger partial charge on any atom is -0.459 e. The molecule has 1 aromatic carbocycles. The Labute approximate surface area is 117 Å². The molecule has 0 saturated carbocycles. The first-order valence-electron chi connectivity index (χ1n) is 6.60. The molecule has 5 heteroatoms. The molecule has 0 aliphatic heterocycles. The highest BCUT2D eigenvalue weighted by molar-refractivity contribution is 5.78. The van der Waals surface area contributed by atoms with Crippen molar-refractivity contribution in [1.29, 1.82) is 0 Å². The number of imidazole rings is 1. The standard InChI is InChI=1S/C15H18N4O/c1-10-3-4-13-11(7-10)8-14(20-13)12(18-16)9-15-17-5-6-19(15)2/h3-8,12,18H,9,16H2,1-2H3. The van der Waals surface area contributed by atoms with Crippen molar-refractivity contribution < 1.29 is 4.42 Å². The Morgan fingerprint density at radius 2 is 2.25 bits per heavy atom. The SMILES string of the molecule is Cc1ccc2oc(C(Cc3nccn3C)NN)cc2c1. The molecule has 0 amide bonds. The van der Waals surface area contributed by atoms with Crippen molar-refractivity contribution in [3.05, 3.63) is 53.8 Å². The van der Waals surface area contributed by atoms with E-state index in [1.807, 2.05) is 36.0 Å². The molecule has 0 aliphatic carbocycles. The maximum Gasteiger partial charge on any atom is 0.134 e. The summed E-state index contributed by atoms with van der Waals surface area (Å²) in [6, 6.07) is 8.08. The smallest absolute Gasteiger partial charge is 0.134 e. The first kappa shape index (κ1) is 12.9. The number of nitrogens with zero attached hydrogens (tertiary/aromatic N) is 2. The van der Waals surface area contributed by atoms with Gasteiger partial charge in [-0.15, -0.1) is 0 Å². The Bertz CT molecular complexity index is 728. The number of aryl methyl sites for hydroxylation is 2. The molecule has 0 spiro atoms. The van der Waals surface area contributed by atoms with Crippen molar-refractivity contribution in [3.8, 4) is 0 Å². The molecule has 0 aliphatic rings. The van der Waals surface area contributed by atoms with E-state index in [0.29, 0.717) is 6.42 Å². The molecule has 3 aromatic rings. The number of furan rings is 1. The van der Waals surface area contributed by atoms with Gasteiger partial charge in [-0.2, -0.15) is 0 Å². The second kappa shape index (κ2) is 5.11. The van der Waals surface area contributed by atoms with E-state index in [4.69, 9.17) is 10.3 Å². The molecule has 20 heavy (non-hydrogen) atoms. The number of hydrogen-bond donors (Lipinski definition) is 2. The first-order valence-corrected chi connectivity index (χ1v) is 6.60. The fourth-order valence-corrected chi connectivity index (χ4v) is 2.37. The maximum absolute atomic E-state index is 5.89. The monoisotopic (exact) mass is 270 g/mol. The van der Waals surface area contributed by atoms with Gasteiger partial charge in [-0.25, -0.2) is 10.4 Å². The Morgan fingerprint density at radius 3 is 2.95 bits per heavy atom. The van der Waals surface area contributed by atoms with Crippen molar-refractivity contribution in [2.45, 2.75) is 19.4 Å². The molecule has 2 aromatic heterocycles.